The zero-order chi connectivity index (χ0) is 13.8. The van der Waals surface area contributed by atoms with Crippen LogP contribution in [0.3, 0.4) is 0 Å². The van der Waals surface area contributed by atoms with Gasteiger partial charge in [0.25, 0.3) is 0 Å². The second-order valence-electron chi connectivity index (χ2n) is 6.40. The lowest BCUT2D eigenvalue weighted by atomic mass is 9.85. The molecule has 0 saturated heterocycles. The van der Waals surface area contributed by atoms with E-state index < -0.39 is 0 Å². The Morgan fingerprint density at radius 2 is 1.50 bits per heavy atom. The van der Waals surface area contributed by atoms with E-state index in [4.69, 9.17) is 5.73 Å². The smallest absolute Gasteiger partial charge is 0.0297 e. The maximum atomic E-state index is 6.31. The predicted octanol–water partition coefficient (Wildman–Crippen LogP) is 4.81. The summed E-state index contributed by atoms with van der Waals surface area (Å²) in [7, 11) is 0. The van der Waals surface area contributed by atoms with Crippen LogP contribution in [0.2, 0.25) is 0 Å². The maximum absolute atomic E-state index is 6.31. The summed E-state index contributed by atoms with van der Waals surface area (Å²) >= 11 is 0. The Balaban J connectivity index is 2.73. The lowest BCUT2D eigenvalue weighted by Gasteiger charge is -2.22. The molecule has 1 heteroatoms. The summed E-state index contributed by atoms with van der Waals surface area (Å²) in [4.78, 5) is 0. The third-order valence-electron chi connectivity index (χ3n) is 3.95. The highest BCUT2D eigenvalue weighted by molar-refractivity contribution is 5.29. The van der Waals surface area contributed by atoms with Crippen LogP contribution in [-0.2, 0) is 5.41 Å². The molecule has 1 nitrogen and oxygen atoms in total. The van der Waals surface area contributed by atoms with E-state index in [2.05, 4.69) is 58.9 Å². The first-order valence-corrected chi connectivity index (χ1v) is 7.24. The van der Waals surface area contributed by atoms with Gasteiger partial charge in [-0.3, -0.25) is 0 Å². The maximum Gasteiger partial charge on any atom is 0.0297 e. The number of rotatable bonds is 5. The number of hydrogen-bond acceptors (Lipinski definition) is 1. The van der Waals surface area contributed by atoms with Crippen molar-refractivity contribution in [3.05, 3.63) is 35.4 Å². The molecule has 1 unspecified atom stereocenters. The van der Waals surface area contributed by atoms with E-state index in [9.17, 15) is 0 Å². The van der Waals surface area contributed by atoms with Gasteiger partial charge >= 0.3 is 0 Å². The molecule has 102 valence electrons. The lowest BCUT2D eigenvalue weighted by molar-refractivity contribution is 0.414. The topological polar surface area (TPSA) is 26.0 Å². The van der Waals surface area contributed by atoms with Crippen LogP contribution in [0.4, 0.5) is 0 Å². The van der Waals surface area contributed by atoms with Gasteiger partial charge in [0, 0.05) is 6.04 Å². The molecule has 18 heavy (non-hydrogen) atoms. The number of hydrogen-bond donors (Lipinski definition) is 1. The molecule has 1 rings (SSSR count). The van der Waals surface area contributed by atoms with E-state index in [1.807, 2.05) is 0 Å². The Bertz CT molecular complexity index is 341. The van der Waals surface area contributed by atoms with Gasteiger partial charge in [0.15, 0.2) is 0 Å². The third kappa shape index (κ3) is 4.13. The largest absolute Gasteiger partial charge is 0.324 e. The monoisotopic (exact) mass is 247 g/mol. The van der Waals surface area contributed by atoms with Crippen LogP contribution < -0.4 is 5.73 Å². The highest BCUT2D eigenvalue weighted by Gasteiger charge is 2.15. The first-order valence-electron chi connectivity index (χ1n) is 7.24. The van der Waals surface area contributed by atoms with Gasteiger partial charge < -0.3 is 5.73 Å². The van der Waals surface area contributed by atoms with Crippen molar-refractivity contribution in [2.24, 2.45) is 11.7 Å². The molecule has 0 spiro atoms. The zero-order valence-corrected chi connectivity index (χ0v) is 12.7. The quantitative estimate of drug-likeness (QED) is 0.794. The molecule has 0 bridgehead atoms. The van der Waals surface area contributed by atoms with E-state index >= 15 is 0 Å². The Labute approximate surface area is 113 Å². The molecule has 1 aromatic carbocycles. The summed E-state index contributed by atoms with van der Waals surface area (Å²) in [6, 6.07) is 9.04. The van der Waals surface area contributed by atoms with Crippen LogP contribution in [0.15, 0.2) is 24.3 Å². The fourth-order valence-corrected chi connectivity index (χ4v) is 2.35. The molecule has 0 aromatic heterocycles. The fourth-order valence-electron chi connectivity index (χ4n) is 2.35. The van der Waals surface area contributed by atoms with Gasteiger partial charge in [-0.25, -0.2) is 0 Å². The number of nitrogens with two attached hydrogens (primary N) is 1. The van der Waals surface area contributed by atoms with Gasteiger partial charge in [-0.15, -0.1) is 0 Å². The van der Waals surface area contributed by atoms with Crippen LogP contribution in [-0.4, -0.2) is 0 Å². The number of benzene rings is 1. The average Bonchev–Trinajstić information content (AvgIpc) is 2.34. The summed E-state index contributed by atoms with van der Waals surface area (Å²) in [6.45, 7) is 11.2. The molecular weight excluding hydrogens is 218 g/mol. The molecule has 0 fully saturated rings. The summed E-state index contributed by atoms with van der Waals surface area (Å²) < 4.78 is 0. The Morgan fingerprint density at radius 1 is 1.00 bits per heavy atom. The van der Waals surface area contributed by atoms with E-state index in [0.717, 1.165) is 12.3 Å². The normalized spacial score (nSPS) is 13.9. The van der Waals surface area contributed by atoms with Gasteiger partial charge in [-0.2, -0.15) is 0 Å². The van der Waals surface area contributed by atoms with Gasteiger partial charge in [-0.1, -0.05) is 71.7 Å². The van der Waals surface area contributed by atoms with Gasteiger partial charge in [0.2, 0.25) is 0 Å². The van der Waals surface area contributed by atoms with Gasteiger partial charge in [0.05, 0.1) is 0 Å². The summed E-state index contributed by atoms with van der Waals surface area (Å²) in [6.07, 6.45) is 3.55. The fraction of sp³-hybridized carbons (Fsp3) is 0.647. The van der Waals surface area contributed by atoms with E-state index in [1.54, 1.807) is 0 Å². The zero-order valence-electron chi connectivity index (χ0n) is 12.7. The van der Waals surface area contributed by atoms with E-state index in [0.29, 0.717) is 0 Å². The van der Waals surface area contributed by atoms with E-state index in [-0.39, 0.29) is 11.5 Å². The molecule has 0 radical (unpaired) electrons. The molecule has 0 heterocycles. The second kappa shape index (κ2) is 6.38. The minimum absolute atomic E-state index is 0.184. The summed E-state index contributed by atoms with van der Waals surface area (Å²) in [5, 5.41) is 0. The predicted molar refractivity (Wildman–Crippen MR) is 80.8 cm³/mol. The molecular formula is C17H29N. The second-order valence-corrected chi connectivity index (χ2v) is 6.40. The molecule has 0 aliphatic heterocycles. The molecule has 1 aromatic rings. The third-order valence-corrected chi connectivity index (χ3v) is 3.95. The first-order chi connectivity index (χ1) is 8.38. The van der Waals surface area contributed by atoms with Gasteiger partial charge in [0.1, 0.15) is 0 Å². The van der Waals surface area contributed by atoms with Crippen molar-refractivity contribution in [3.8, 4) is 0 Å². The molecule has 0 aliphatic carbocycles. The van der Waals surface area contributed by atoms with Crippen molar-refractivity contribution in [2.75, 3.05) is 0 Å². The van der Waals surface area contributed by atoms with Crippen molar-refractivity contribution in [3.63, 3.8) is 0 Å². The summed E-state index contributed by atoms with van der Waals surface area (Å²) in [5.41, 5.74) is 9.18. The Morgan fingerprint density at radius 3 is 1.89 bits per heavy atom. The Kier molecular flexibility index (Phi) is 5.40. The van der Waals surface area contributed by atoms with Crippen molar-refractivity contribution in [2.45, 2.75) is 65.3 Å². The lowest BCUT2D eigenvalue weighted by Crippen LogP contribution is -2.16. The van der Waals surface area contributed by atoms with Crippen molar-refractivity contribution in [1.29, 1.82) is 0 Å². The first kappa shape index (κ1) is 15.2. The minimum atomic E-state index is 0.184. The minimum Gasteiger partial charge on any atom is -0.324 e. The standard InChI is InChI=1S/C17H29N/c1-6-13(7-2)12-16(18)14-8-10-15(11-9-14)17(3,4)5/h8-11,13,16H,6-7,12,18H2,1-5H3. The molecule has 1 atom stereocenters. The van der Waals surface area contributed by atoms with Crippen molar-refractivity contribution in [1.82, 2.24) is 0 Å². The molecule has 0 amide bonds. The molecule has 0 aliphatic rings. The highest BCUT2D eigenvalue weighted by Crippen LogP contribution is 2.26. The summed E-state index contributed by atoms with van der Waals surface area (Å²) in [5.74, 6) is 0.752. The van der Waals surface area contributed by atoms with Crippen LogP contribution >= 0.6 is 0 Å². The SMILES string of the molecule is CCC(CC)CC(N)c1ccc(C(C)(C)C)cc1. The molecule has 0 saturated carbocycles. The highest BCUT2D eigenvalue weighted by atomic mass is 14.6. The average molecular weight is 247 g/mol. The van der Waals surface area contributed by atoms with Crippen LogP contribution in [0, 0.1) is 5.92 Å². The van der Waals surface area contributed by atoms with Crippen molar-refractivity contribution < 1.29 is 0 Å². The Hall–Kier alpha value is -0.820. The van der Waals surface area contributed by atoms with Crippen LogP contribution in [0.1, 0.15) is 71.0 Å². The van der Waals surface area contributed by atoms with Crippen LogP contribution in [0.5, 0.6) is 0 Å². The van der Waals surface area contributed by atoms with Gasteiger partial charge in [-0.05, 0) is 28.9 Å². The van der Waals surface area contributed by atoms with Crippen LogP contribution in [0.25, 0.3) is 0 Å². The van der Waals surface area contributed by atoms with E-state index in [1.165, 1.54) is 24.0 Å². The molecule has 2 N–H and O–H groups in total. The van der Waals surface area contributed by atoms with Crippen molar-refractivity contribution >= 4 is 0 Å².